The Morgan fingerprint density at radius 2 is 2.07 bits per heavy atom. The summed E-state index contributed by atoms with van der Waals surface area (Å²) in [4.78, 5) is 23.4. The highest BCUT2D eigenvalue weighted by molar-refractivity contribution is 7.09. The van der Waals surface area contributed by atoms with E-state index in [9.17, 15) is 4.79 Å². The van der Waals surface area contributed by atoms with Crippen molar-refractivity contribution in [2.24, 2.45) is 0 Å². The molecule has 1 aliphatic heterocycles. The van der Waals surface area contributed by atoms with Crippen molar-refractivity contribution in [1.82, 2.24) is 19.2 Å². The summed E-state index contributed by atoms with van der Waals surface area (Å²) >= 11 is 1.33. The van der Waals surface area contributed by atoms with Crippen molar-refractivity contribution >= 4 is 22.6 Å². The first kappa shape index (κ1) is 19.6. The van der Waals surface area contributed by atoms with Crippen molar-refractivity contribution < 1.29 is 9.53 Å². The largest absolute Gasteiger partial charge is 0.497 e. The summed E-state index contributed by atoms with van der Waals surface area (Å²) in [6.07, 6.45) is 0.647. The molecule has 1 saturated heterocycles. The van der Waals surface area contributed by atoms with Gasteiger partial charge in [0.1, 0.15) is 11.6 Å². The second-order valence-electron chi connectivity index (χ2n) is 6.69. The van der Waals surface area contributed by atoms with E-state index in [-0.39, 0.29) is 5.91 Å². The lowest BCUT2D eigenvalue weighted by Crippen LogP contribution is -2.50. The number of hydrogen-bond acceptors (Lipinski definition) is 7. The van der Waals surface area contributed by atoms with E-state index in [2.05, 4.69) is 21.2 Å². The molecule has 146 valence electrons. The van der Waals surface area contributed by atoms with Gasteiger partial charge in [0.2, 0.25) is 11.0 Å². The van der Waals surface area contributed by atoms with E-state index in [1.807, 2.05) is 41.1 Å². The van der Waals surface area contributed by atoms with Crippen molar-refractivity contribution in [3.8, 4) is 5.75 Å². The Labute approximate surface area is 164 Å². The number of piperazine rings is 1. The maximum atomic E-state index is 12.6. The topological polar surface area (TPSA) is 61.8 Å². The highest BCUT2D eigenvalue weighted by Crippen LogP contribution is 2.20. The van der Waals surface area contributed by atoms with Crippen molar-refractivity contribution in [2.45, 2.75) is 13.3 Å². The Kier molecular flexibility index (Phi) is 6.63. The number of hydrogen-bond donors (Lipinski definition) is 0. The average molecular weight is 390 g/mol. The molecule has 1 fully saturated rings. The van der Waals surface area contributed by atoms with Crippen LogP contribution in [0.25, 0.3) is 0 Å². The predicted octanol–water partition coefficient (Wildman–Crippen LogP) is 1.74. The molecule has 3 rings (SSSR count). The molecule has 8 heteroatoms. The Bertz CT molecular complexity index is 758. The second kappa shape index (κ2) is 9.14. The standard InChI is InChI=1S/C19H27N5O2S/c1-4-23-8-10-24(11-9-23)18(25)14-22(2)19-20-17(21-27-19)13-15-6-5-7-16(12-15)26-3/h5-7,12H,4,8-11,13-14H2,1-3H3. The molecular weight excluding hydrogens is 362 g/mol. The van der Waals surface area contributed by atoms with Gasteiger partial charge in [0.15, 0.2) is 0 Å². The van der Waals surface area contributed by atoms with Gasteiger partial charge in [0.05, 0.1) is 13.7 Å². The van der Waals surface area contributed by atoms with Gasteiger partial charge in [0.25, 0.3) is 0 Å². The quantitative estimate of drug-likeness (QED) is 0.719. The molecule has 0 atom stereocenters. The zero-order valence-electron chi connectivity index (χ0n) is 16.2. The van der Waals surface area contributed by atoms with Gasteiger partial charge in [-0.1, -0.05) is 19.1 Å². The number of ether oxygens (including phenoxy) is 1. The van der Waals surface area contributed by atoms with Crippen LogP contribution in [0.3, 0.4) is 0 Å². The molecule has 1 amide bonds. The van der Waals surface area contributed by atoms with Gasteiger partial charge < -0.3 is 19.4 Å². The Balaban J connectivity index is 1.55. The Morgan fingerprint density at radius 1 is 1.30 bits per heavy atom. The van der Waals surface area contributed by atoms with Gasteiger partial charge in [-0.3, -0.25) is 4.79 Å². The molecule has 7 nitrogen and oxygen atoms in total. The molecule has 1 aromatic heterocycles. The van der Waals surface area contributed by atoms with Gasteiger partial charge in [-0.05, 0) is 24.2 Å². The smallest absolute Gasteiger partial charge is 0.242 e. The van der Waals surface area contributed by atoms with E-state index < -0.39 is 0 Å². The van der Waals surface area contributed by atoms with E-state index in [1.165, 1.54) is 11.5 Å². The summed E-state index contributed by atoms with van der Waals surface area (Å²) < 4.78 is 9.70. The summed E-state index contributed by atoms with van der Waals surface area (Å²) in [6, 6.07) is 7.91. The monoisotopic (exact) mass is 389 g/mol. The molecule has 1 aromatic carbocycles. The summed E-state index contributed by atoms with van der Waals surface area (Å²) in [7, 11) is 3.56. The molecule has 0 spiro atoms. The van der Waals surface area contributed by atoms with Crippen molar-refractivity contribution in [3.63, 3.8) is 0 Å². The molecule has 2 aromatic rings. The highest BCUT2D eigenvalue weighted by atomic mass is 32.1. The van der Waals surface area contributed by atoms with E-state index in [4.69, 9.17) is 4.74 Å². The first-order valence-electron chi connectivity index (χ1n) is 9.25. The third-order valence-electron chi connectivity index (χ3n) is 4.82. The lowest BCUT2D eigenvalue weighted by atomic mass is 10.1. The number of aromatic nitrogens is 2. The number of rotatable bonds is 7. The molecule has 2 heterocycles. The van der Waals surface area contributed by atoms with Crippen LogP contribution in [-0.4, -0.2) is 78.5 Å². The van der Waals surface area contributed by atoms with E-state index in [0.29, 0.717) is 13.0 Å². The maximum absolute atomic E-state index is 12.6. The first-order chi connectivity index (χ1) is 13.1. The molecule has 0 radical (unpaired) electrons. The molecule has 0 saturated carbocycles. The number of benzene rings is 1. The Morgan fingerprint density at radius 3 is 2.78 bits per heavy atom. The molecule has 0 aliphatic carbocycles. The molecule has 1 aliphatic rings. The number of amides is 1. The predicted molar refractivity (Wildman–Crippen MR) is 108 cm³/mol. The summed E-state index contributed by atoms with van der Waals surface area (Å²) in [6.45, 7) is 7.05. The van der Waals surface area contributed by atoms with Gasteiger partial charge >= 0.3 is 0 Å². The van der Waals surface area contributed by atoms with Crippen LogP contribution in [0.4, 0.5) is 5.13 Å². The average Bonchev–Trinajstić information content (AvgIpc) is 3.16. The SMILES string of the molecule is CCN1CCN(C(=O)CN(C)c2nc(Cc3cccc(OC)c3)ns2)CC1. The summed E-state index contributed by atoms with van der Waals surface area (Å²) in [5.74, 6) is 1.74. The van der Waals surface area contributed by atoms with Crippen LogP contribution in [0.5, 0.6) is 5.75 Å². The zero-order valence-corrected chi connectivity index (χ0v) is 17.0. The van der Waals surface area contributed by atoms with Crippen LogP contribution in [0.2, 0.25) is 0 Å². The molecule has 0 N–H and O–H groups in total. The lowest BCUT2D eigenvalue weighted by Gasteiger charge is -2.34. The summed E-state index contributed by atoms with van der Waals surface area (Å²) in [5, 5.41) is 0.772. The van der Waals surface area contributed by atoms with Crippen molar-refractivity contribution in [1.29, 1.82) is 0 Å². The third kappa shape index (κ3) is 5.17. The van der Waals surface area contributed by atoms with E-state index in [0.717, 1.165) is 55.0 Å². The van der Waals surface area contributed by atoms with E-state index in [1.54, 1.807) is 7.11 Å². The van der Waals surface area contributed by atoms with Crippen LogP contribution < -0.4 is 9.64 Å². The lowest BCUT2D eigenvalue weighted by molar-refractivity contribution is -0.131. The van der Waals surface area contributed by atoms with E-state index >= 15 is 0 Å². The van der Waals surface area contributed by atoms with Crippen LogP contribution in [-0.2, 0) is 11.2 Å². The second-order valence-corrected chi connectivity index (χ2v) is 7.42. The van der Waals surface area contributed by atoms with Crippen LogP contribution >= 0.6 is 11.5 Å². The fraction of sp³-hybridized carbons (Fsp3) is 0.526. The molecule has 27 heavy (non-hydrogen) atoms. The summed E-state index contributed by atoms with van der Waals surface area (Å²) in [5.41, 5.74) is 1.10. The van der Waals surface area contributed by atoms with Crippen molar-refractivity contribution in [2.75, 3.05) is 58.3 Å². The van der Waals surface area contributed by atoms with Gasteiger partial charge in [-0.2, -0.15) is 4.37 Å². The first-order valence-corrected chi connectivity index (χ1v) is 10.0. The normalized spacial score (nSPS) is 15.0. The minimum Gasteiger partial charge on any atom is -0.497 e. The highest BCUT2D eigenvalue weighted by Gasteiger charge is 2.22. The number of anilines is 1. The van der Waals surface area contributed by atoms with Gasteiger partial charge in [0, 0.05) is 51.2 Å². The number of methoxy groups -OCH3 is 1. The fourth-order valence-corrected chi connectivity index (χ4v) is 3.76. The third-order valence-corrected chi connectivity index (χ3v) is 5.69. The molecule has 0 unspecified atom stereocenters. The fourth-order valence-electron chi connectivity index (χ4n) is 3.12. The number of carbonyl (C=O) groups excluding carboxylic acids is 1. The van der Waals surface area contributed by atoms with Crippen LogP contribution in [0, 0.1) is 0 Å². The molecular formula is C19H27N5O2S. The van der Waals surface area contributed by atoms with Gasteiger partial charge in [-0.25, -0.2) is 4.98 Å². The van der Waals surface area contributed by atoms with Crippen LogP contribution in [0.15, 0.2) is 24.3 Å². The van der Waals surface area contributed by atoms with Crippen LogP contribution in [0.1, 0.15) is 18.3 Å². The number of carbonyl (C=O) groups is 1. The zero-order chi connectivity index (χ0) is 19.2. The minimum atomic E-state index is 0.151. The minimum absolute atomic E-state index is 0.151. The Hall–Kier alpha value is -2.19. The van der Waals surface area contributed by atoms with Crippen molar-refractivity contribution in [3.05, 3.63) is 35.7 Å². The number of likely N-dealkylation sites (N-methyl/N-ethyl adjacent to an activating group) is 2. The molecule has 0 bridgehead atoms. The van der Waals surface area contributed by atoms with Gasteiger partial charge in [-0.15, -0.1) is 0 Å². The number of nitrogens with zero attached hydrogens (tertiary/aromatic N) is 5. The maximum Gasteiger partial charge on any atom is 0.242 e.